The van der Waals surface area contributed by atoms with Crippen molar-refractivity contribution in [2.45, 2.75) is 63.3 Å². The Balaban J connectivity index is 1.45. The van der Waals surface area contributed by atoms with E-state index in [1.165, 1.54) is 25.6 Å². The highest BCUT2D eigenvalue weighted by Crippen LogP contribution is 2.35. The van der Waals surface area contributed by atoms with Crippen molar-refractivity contribution in [3.05, 3.63) is 65.7 Å². The summed E-state index contributed by atoms with van der Waals surface area (Å²) < 4.78 is 18.0. The third-order valence-electron chi connectivity index (χ3n) is 7.54. The Labute approximate surface area is 231 Å². The van der Waals surface area contributed by atoms with Gasteiger partial charge in [-0.2, -0.15) is 15.5 Å². The molecule has 0 unspecified atom stereocenters. The lowest BCUT2D eigenvalue weighted by atomic mass is 9.82. The lowest BCUT2D eigenvalue weighted by Crippen LogP contribution is -2.42. The molecule has 0 bridgehead atoms. The molecule has 0 aliphatic heterocycles. The Hall–Kier alpha value is -4.30. The van der Waals surface area contributed by atoms with Crippen LogP contribution < -0.4 is 10.6 Å². The topological polar surface area (TPSA) is 133 Å². The fourth-order valence-electron chi connectivity index (χ4n) is 5.21. The van der Waals surface area contributed by atoms with Crippen LogP contribution in [0, 0.1) is 11.3 Å². The number of anilines is 1. The standard InChI is InChI=1S/C29H33FN8O2/c1-29(2,40)25(30)16-33-28(39)26-23(36-21-6-4-19(5-7-21)20-15-34-37(3)17-20)10-11-32-27(26)24-9-8-22-12-18(13-31)14-35-38(22)24/h8-12,14-15,17,19,21,25,40H,4-7,16H2,1-3H3,(H,32,36)(H,33,39)/t19?,21?,25-/m1/s1. The Morgan fingerprint density at radius 3 is 2.67 bits per heavy atom. The number of nitrogens with zero attached hydrogens (tertiary/aromatic N) is 6. The highest BCUT2D eigenvalue weighted by molar-refractivity contribution is 6.05. The zero-order valence-corrected chi connectivity index (χ0v) is 22.8. The smallest absolute Gasteiger partial charge is 0.255 e. The van der Waals surface area contributed by atoms with Crippen LogP contribution in [0.15, 0.2) is 49.1 Å². The molecule has 4 aromatic heterocycles. The van der Waals surface area contributed by atoms with Gasteiger partial charge in [0.25, 0.3) is 5.91 Å². The minimum absolute atomic E-state index is 0.139. The first kappa shape index (κ1) is 27.3. The number of pyridine rings is 1. The maximum Gasteiger partial charge on any atom is 0.255 e. The van der Waals surface area contributed by atoms with Crippen LogP contribution in [0.1, 0.15) is 66.9 Å². The number of aryl methyl sites for hydroxylation is 1. The van der Waals surface area contributed by atoms with E-state index in [4.69, 9.17) is 0 Å². The molecule has 1 atom stereocenters. The van der Waals surface area contributed by atoms with E-state index in [1.807, 2.05) is 17.9 Å². The highest BCUT2D eigenvalue weighted by atomic mass is 19.1. The third-order valence-corrected chi connectivity index (χ3v) is 7.54. The molecule has 0 spiro atoms. The number of alkyl halides is 1. The number of fused-ring (bicyclic) bond motifs is 1. The van der Waals surface area contributed by atoms with Gasteiger partial charge in [0.1, 0.15) is 17.9 Å². The molecule has 1 aliphatic carbocycles. The van der Waals surface area contributed by atoms with Crippen molar-refractivity contribution in [3.8, 4) is 17.5 Å². The molecule has 1 aliphatic rings. The minimum atomic E-state index is -1.66. The van der Waals surface area contributed by atoms with E-state index < -0.39 is 17.7 Å². The Bertz CT molecular complexity index is 1560. The van der Waals surface area contributed by atoms with Crippen LogP contribution in [0.2, 0.25) is 0 Å². The number of nitrogens with one attached hydrogen (secondary N) is 2. The summed E-state index contributed by atoms with van der Waals surface area (Å²) in [6.07, 6.45) is 9.24. The number of aliphatic hydroxyl groups is 1. The van der Waals surface area contributed by atoms with Gasteiger partial charge in [-0.1, -0.05) is 0 Å². The van der Waals surface area contributed by atoms with Gasteiger partial charge >= 0.3 is 0 Å². The van der Waals surface area contributed by atoms with Gasteiger partial charge in [-0.25, -0.2) is 8.91 Å². The fraction of sp³-hybridized carbons (Fsp3) is 0.414. The summed E-state index contributed by atoms with van der Waals surface area (Å²) >= 11 is 0. The second-order valence-corrected chi connectivity index (χ2v) is 11.0. The molecule has 208 valence electrons. The van der Waals surface area contributed by atoms with E-state index in [0.29, 0.717) is 34.1 Å². The van der Waals surface area contributed by atoms with Gasteiger partial charge in [-0.15, -0.1) is 0 Å². The third kappa shape index (κ3) is 5.67. The predicted molar refractivity (Wildman–Crippen MR) is 148 cm³/mol. The molecule has 11 heteroatoms. The van der Waals surface area contributed by atoms with Crippen molar-refractivity contribution in [2.24, 2.45) is 7.05 Å². The SMILES string of the molecule is Cn1cc(C2CCC(Nc3ccnc(-c4ccc5cc(C#N)cnn45)c3C(=O)NC[C@@H](F)C(C)(C)O)CC2)cn1. The molecule has 4 heterocycles. The van der Waals surface area contributed by atoms with E-state index >= 15 is 0 Å². The zero-order chi connectivity index (χ0) is 28.4. The minimum Gasteiger partial charge on any atom is -0.387 e. The van der Waals surface area contributed by atoms with Crippen LogP contribution in [0.3, 0.4) is 0 Å². The Kier molecular flexibility index (Phi) is 7.54. The first-order chi connectivity index (χ1) is 19.1. The van der Waals surface area contributed by atoms with Crippen LogP contribution >= 0.6 is 0 Å². The summed E-state index contributed by atoms with van der Waals surface area (Å²) in [5.41, 5.74) is 2.54. The molecular formula is C29H33FN8O2. The van der Waals surface area contributed by atoms with Crippen molar-refractivity contribution in [3.63, 3.8) is 0 Å². The van der Waals surface area contributed by atoms with Gasteiger partial charge in [-0.05, 0) is 75.3 Å². The number of amides is 1. The van der Waals surface area contributed by atoms with Gasteiger partial charge in [0.05, 0.1) is 52.6 Å². The molecule has 0 saturated heterocycles. The average molecular weight is 545 g/mol. The van der Waals surface area contributed by atoms with E-state index in [2.05, 4.69) is 38.1 Å². The summed E-state index contributed by atoms with van der Waals surface area (Å²) in [7, 11) is 1.92. The van der Waals surface area contributed by atoms with E-state index in [0.717, 1.165) is 25.7 Å². The van der Waals surface area contributed by atoms with Gasteiger partial charge in [0.2, 0.25) is 0 Å². The number of hydrogen-bond donors (Lipinski definition) is 3. The van der Waals surface area contributed by atoms with Crippen molar-refractivity contribution >= 4 is 17.1 Å². The van der Waals surface area contributed by atoms with Crippen LogP contribution in [0.4, 0.5) is 10.1 Å². The molecule has 4 aromatic rings. The first-order valence-electron chi connectivity index (χ1n) is 13.4. The van der Waals surface area contributed by atoms with Crippen LogP contribution in [0.25, 0.3) is 16.9 Å². The van der Waals surface area contributed by atoms with Crippen LogP contribution in [-0.2, 0) is 7.05 Å². The number of hydrogen-bond acceptors (Lipinski definition) is 7. The first-order valence-corrected chi connectivity index (χ1v) is 13.4. The van der Waals surface area contributed by atoms with Crippen LogP contribution in [0.5, 0.6) is 0 Å². The largest absolute Gasteiger partial charge is 0.387 e. The Morgan fingerprint density at radius 1 is 1.23 bits per heavy atom. The molecule has 0 radical (unpaired) electrons. The zero-order valence-electron chi connectivity index (χ0n) is 22.8. The second-order valence-electron chi connectivity index (χ2n) is 11.0. The van der Waals surface area contributed by atoms with Crippen molar-refractivity contribution in [1.82, 2.24) is 29.7 Å². The van der Waals surface area contributed by atoms with Gasteiger partial charge in [0.15, 0.2) is 0 Å². The number of carbonyl (C=O) groups excluding carboxylic acids is 1. The van der Waals surface area contributed by atoms with E-state index in [9.17, 15) is 19.6 Å². The molecule has 0 aromatic carbocycles. The monoisotopic (exact) mass is 544 g/mol. The molecular weight excluding hydrogens is 511 g/mol. The number of halogens is 1. The van der Waals surface area contributed by atoms with Crippen molar-refractivity contribution in [2.75, 3.05) is 11.9 Å². The van der Waals surface area contributed by atoms with Crippen molar-refractivity contribution < 1.29 is 14.3 Å². The average Bonchev–Trinajstić information content (AvgIpc) is 3.57. The molecule has 40 heavy (non-hydrogen) atoms. The number of aromatic nitrogens is 5. The molecule has 1 fully saturated rings. The normalized spacial score (nSPS) is 18.3. The lowest BCUT2D eigenvalue weighted by Gasteiger charge is -2.30. The molecule has 1 amide bonds. The summed E-state index contributed by atoms with van der Waals surface area (Å²) in [5.74, 6) is -0.0626. The quantitative estimate of drug-likeness (QED) is 0.306. The second kappa shape index (κ2) is 11.1. The van der Waals surface area contributed by atoms with Crippen molar-refractivity contribution in [1.29, 1.82) is 5.26 Å². The van der Waals surface area contributed by atoms with E-state index in [-0.39, 0.29) is 18.2 Å². The predicted octanol–water partition coefficient (Wildman–Crippen LogP) is 3.98. The summed E-state index contributed by atoms with van der Waals surface area (Å²) in [6.45, 7) is 2.37. The van der Waals surface area contributed by atoms with E-state index in [1.54, 1.807) is 35.0 Å². The van der Waals surface area contributed by atoms with Gasteiger partial charge < -0.3 is 15.7 Å². The molecule has 5 rings (SSSR count). The lowest BCUT2D eigenvalue weighted by molar-refractivity contribution is -0.00177. The summed E-state index contributed by atoms with van der Waals surface area (Å²) in [4.78, 5) is 18.1. The highest BCUT2D eigenvalue weighted by Gasteiger charge is 2.30. The summed E-state index contributed by atoms with van der Waals surface area (Å²) in [6, 6.07) is 9.28. The number of nitriles is 1. The molecule has 3 N–H and O–H groups in total. The number of carbonyl (C=O) groups is 1. The molecule has 1 saturated carbocycles. The maximum absolute atomic E-state index is 14.5. The van der Waals surface area contributed by atoms with Gasteiger partial charge in [-0.3, -0.25) is 14.5 Å². The number of rotatable bonds is 8. The maximum atomic E-state index is 14.5. The molecule has 10 nitrogen and oxygen atoms in total. The fourth-order valence-corrected chi connectivity index (χ4v) is 5.21. The summed E-state index contributed by atoms with van der Waals surface area (Å²) in [5, 5.41) is 34.2. The van der Waals surface area contributed by atoms with Crippen LogP contribution in [-0.4, -0.2) is 59.8 Å². The van der Waals surface area contributed by atoms with Gasteiger partial charge in [0, 0.05) is 25.5 Å². The Morgan fingerprint density at radius 2 is 2.00 bits per heavy atom.